The average molecular weight is 504 g/mol. The number of nitrogens with zero attached hydrogens (tertiary/aromatic N) is 2. The fraction of sp³-hybridized carbons (Fsp3) is 0.310. The first-order valence-electron chi connectivity index (χ1n) is 12.1. The molecule has 8 nitrogen and oxygen atoms in total. The van der Waals surface area contributed by atoms with E-state index < -0.39 is 16.5 Å². The van der Waals surface area contributed by atoms with Gasteiger partial charge < -0.3 is 15.0 Å². The molecule has 194 valence electrons. The van der Waals surface area contributed by atoms with Gasteiger partial charge in [-0.15, -0.1) is 0 Å². The molecule has 8 heteroatoms. The summed E-state index contributed by atoms with van der Waals surface area (Å²) in [6.07, 6.45) is 0.0740. The van der Waals surface area contributed by atoms with E-state index in [1.165, 1.54) is 11.0 Å². The largest absolute Gasteiger partial charge is 0.497 e. The molecule has 0 saturated carbocycles. The second kappa shape index (κ2) is 12.2. The summed E-state index contributed by atoms with van der Waals surface area (Å²) in [5.41, 5.74) is 1.32. The van der Waals surface area contributed by atoms with Crippen molar-refractivity contribution in [2.45, 2.75) is 51.7 Å². The molecule has 0 aliphatic carbocycles. The Morgan fingerprint density at radius 2 is 1.62 bits per heavy atom. The first kappa shape index (κ1) is 27.4. The van der Waals surface area contributed by atoms with E-state index in [-0.39, 0.29) is 36.9 Å². The molecule has 3 aromatic carbocycles. The van der Waals surface area contributed by atoms with E-state index in [2.05, 4.69) is 5.32 Å². The Morgan fingerprint density at radius 3 is 2.27 bits per heavy atom. The number of ether oxygens (including phenoxy) is 1. The van der Waals surface area contributed by atoms with Crippen LogP contribution in [0.5, 0.6) is 5.75 Å². The number of methoxy groups -OCH3 is 1. The van der Waals surface area contributed by atoms with Crippen molar-refractivity contribution in [2.24, 2.45) is 0 Å². The van der Waals surface area contributed by atoms with Crippen LogP contribution in [0.3, 0.4) is 0 Å². The van der Waals surface area contributed by atoms with E-state index in [1.807, 2.05) is 69.3 Å². The Balaban J connectivity index is 2.04. The molecule has 37 heavy (non-hydrogen) atoms. The van der Waals surface area contributed by atoms with Crippen LogP contribution in [0.4, 0.5) is 5.69 Å². The van der Waals surface area contributed by atoms with Crippen molar-refractivity contribution in [3.05, 3.63) is 106 Å². The minimum atomic E-state index is -0.844. The van der Waals surface area contributed by atoms with Gasteiger partial charge in [0, 0.05) is 30.1 Å². The number of benzene rings is 3. The van der Waals surface area contributed by atoms with Gasteiger partial charge in [-0.05, 0) is 44.0 Å². The normalized spacial score (nSPS) is 11.9. The highest BCUT2D eigenvalue weighted by Gasteiger charge is 2.33. The lowest BCUT2D eigenvalue weighted by molar-refractivity contribution is -0.385. The smallest absolute Gasteiger partial charge is 0.273 e. The van der Waals surface area contributed by atoms with Crippen LogP contribution in [0.25, 0.3) is 0 Å². The minimum absolute atomic E-state index is 0.129. The second-order valence-electron chi connectivity index (χ2n) is 9.88. The Morgan fingerprint density at radius 1 is 0.973 bits per heavy atom. The summed E-state index contributed by atoms with van der Waals surface area (Å²) in [5.74, 6) is -0.0559. The van der Waals surface area contributed by atoms with Gasteiger partial charge in [0.05, 0.1) is 18.5 Å². The van der Waals surface area contributed by atoms with Crippen molar-refractivity contribution in [3.63, 3.8) is 0 Å². The zero-order valence-electron chi connectivity index (χ0n) is 21.6. The lowest BCUT2D eigenvalue weighted by atomic mass is 9.99. The molecule has 0 fully saturated rings. The third kappa shape index (κ3) is 7.90. The van der Waals surface area contributed by atoms with Gasteiger partial charge in [-0.25, -0.2) is 0 Å². The highest BCUT2D eigenvalue weighted by Crippen LogP contribution is 2.23. The quantitative estimate of drug-likeness (QED) is 0.319. The van der Waals surface area contributed by atoms with Crippen LogP contribution in [0.2, 0.25) is 0 Å². The Kier molecular flexibility index (Phi) is 9.00. The molecule has 0 aliphatic heterocycles. The van der Waals surface area contributed by atoms with Crippen molar-refractivity contribution in [3.8, 4) is 5.75 Å². The van der Waals surface area contributed by atoms with Gasteiger partial charge >= 0.3 is 0 Å². The van der Waals surface area contributed by atoms with Crippen LogP contribution < -0.4 is 10.1 Å². The van der Waals surface area contributed by atoms with Gasteiger partial charge in [0.25, 0.3) is 5.69 Å². The molecule has 0 saturated heterocycles. The lowest BCUT2D eigenvalue weighted by Gasteiger charge is -2.34. The van der Waals surface area contributed by atoms with Crippen molar-refractivity contribution in [2.75, 3.05) is 7.11 Å². The monoisotopic (exact) mass is 503 g/mol. The molecule has 0 unspecified atom stereocenters. The van der Waals surface area contributed by atoms with E-state index in [4.69, 9.17) is 4.74 Å². The first-order chi connectivity index (χ1) is 17.6. The predicted octanol–water partition coefficient (Wildman–Crippen LogP) is 4.70. The summed E-state index contributed by atoms with van der Waals surface area (Å²) in [6.45, 7) is 5.77. The average Bonchev–Trinajstić information content (AvgIpc) is 2.86. The van der Waals surface area contributed by atoms with E-state index in [1.54, 1.807) is 31.4 Å². The number of hydrogen-bond acceptors (Lipinski definition) is 5. The number of hydrogen-bond donors (Lipinski definition) is 1. The van der Waals surface area contributed by atoms with Crippen molar-refractivity contribution in [1.29, 1.82) is 0 Å². The zero-order valence-corrected chi connectivity index (χ0v) is 21.6. The molecule has 0 heterocycles. The van der Waals surface area contributed by atoms with Gasteiger partial charge in [0.15, 0.2) is 0 Å². The summed E-state index contributed by atoms with van der Waals surface area (Å²) in [4.78, 5) is 40.0. The number of carbonyl (C=O) groups is 2. The molecule has 0 aliphatic rings. The maximum absolute atomic E-state index is 13.8. The Bertz CT molecular complexity index is 1240. The number of carbonyl (C=O) groups excluding carboxylic acids is 2. The summed E-state index contributed by atoms with van der Waals surface area (Å²) in [6, 6.07) is 22.1. The maximum atomic E-state index is 13.8. The molecule has 0 bridgehead atoms. The number of nitro benzene ring substituents is 1. The maximum Gasteiger partial charge on any atom is 0.273 e. The minimum Gasteiger partial charge on any atom is -0.497 e. The molecule has 0 spiro atoms. The third-order valence-electron chi connectivity index (χ3n) is 5.79. The molecule has 0 aromatic heterocycles. The molecular weight excluding hydrogens is 470 g/mol. The molecular formula is C29H33N3O5. The van der Waals surface area contributed by atoms with Crippen LogP contribution >= 0.6 is 0 Å². The van der Waals surface area contributed by atoms with E-state index in [9.17, 15) is 19.7 Å². The Labute approximate surface area is 217 Å². The van der Waals surface area contributed by atoms with Crippen molar-refractivity contribution < 1.29 is 19.2 Å². The highest BCUT2D eigenvalue weighted by molar-refractivity contribution is 5.89. The summed E-state index contributed by atoms with van der Waals surface area (Å²) in [5, 5.41) is 14.6. The first-order valence-corrected chi connectivity index (χ1v) is 12.1. The number of para-hydroxylation sites is 1. The van der Waals surface area contributed by atoms with Gasteiger partial charge in [0.2, 0.25) is 11.8 Å². The second-order valence-corrected chi connectivity index (χ2v) is 9.88. The van der Waals surface area contributed by atoms with Crippen LogP contribution in [-0.4, -0.2) is 40.3 Å². The predicted molar refractivity (Wildman–Crippen MR) is 142 cm³/mol. The van der Waals surface area contributed by atoms with E-state index >= 15 is 0 Å². The Hall–Kier alpha value is -4.20. The number of rotatable bonds is 10. The molecule has 1 atom stereocenters. The number of nitro groups is 1. The SMILES string of the molecule is COc1cccc(CN(C(=O)Cc2ccccc2[N+](=O)[O-])[C@@H](Cc2ccccc2)C(=O)NC(C)(C)C)c1. The summed E-state index contributed by atoms with van der Waals surface area (Å²) in [7, 11) is 1.56. The van der Waals surface area contributed by atoms with Crippen LogP contribution in [0, 0.1) is 10.1 Å². The van der Waals surface area contributed by atoms with Gasteiger partial charge in [-0.1, -0.05) is 60.7 Å². The van der Waals surface area contributed by atoms with Crippen LogP contribution in [0.1, 0.15) is 37.5 Å². The molecule has 3 aromatic rings. The fourth-order valence-corrected chi connectivity index (χ4v) is 4.08. The van der Waals surface area contributed by atoms with E-state index in [0.717, 1.165) is 11.1 Å². The molecule has 3 rings (SSSR count). The lowest BCUT2D eigenvalue weighted by Crippen LogP contribution is -2.54. The van der Waals surface area contributed by atoms with Crippen LogP contribution in [-0.2, 0) is 29.0 Å². The number of amides is 2. The summed E-state index contributed by atoms with van der Waals surface area (Å²) < 4.78 is 5.35. The standard InChI is InChI=1S/C29H33N3O5/c1-29(2,3)30-28(34)26(18-21-11-6-5-7-12-21)31(20-22-13-10-15-24(17-22)37-4)27(33)19-23-14-8-9-16-25(23)32(35)36/h5-17,26H,18-20H2,1-4H3,(H,30,34)/t26-/m0/s1. The fourth-order valence-electron chi connectivity index (χ4n) is 4.08. The highest BCUT2D eigenvalue weighted by atomic mass is 16.6. The molecule has 0 radical (unpaired) electrons. The van der Waals surface area contributed by atoms with Crippen LogP contribution in [0.15, 0.2) is 78.9 Å². The molecule has 2 amide bonds. The number of nitrogens with one attached hydrogen (secondary N) is 1. The van der Waals surface area contributed by atoms with Gasteiger partial charge in [-0.3, -0.25) is 19.7 Å². The zero-order chi connectivity index (χ0) is 27.0. The van der Waals surface area contributed by atoms with Gasteiger partial charge in [-0.2, -0.15) is 0 Å². The van der Waals surface area contributed by atoms with Crippen molar-refractivity contribution in [1.82, 2.24) is 10.2 Å². The topological polar surface area (TPSA) is 102 Å². The third-order valence-corrected chi connectivity index (χ3v) is 5.79. The van der Waals surface area contributed by atoms with E-state index in [0.29, 0.717) is 11.3 Å². The summed E-state index contributed by atoms with van der Waals surface area (Å²) >= 11 is 0. The molecule has 1 N–H and O–H groups in total. The van der Waals surface area contributed by atoms with Gasteiger partial charge in [0.1, 0.15) is 11.8 Å². The van der Waals surface area contributed by atoms with Crippen molar-refractivity contribution >= 4 is 17.5 Å².